The van der Waals surface area contributed by atoms with Crippen molar-refractivity contribution in [1.29, 1.82) is 0 Å². The molecule has 0 bridgehead atoms. The van der Waals surface area contributed by atoms with Crippen LogP contribution in [-0.4, -0.2) is 55.9 Å². The van der Waals surface area contributed by atoms with E-state index < -0.39 is 29.0 Å². The van der Waals surface area contributed by atoms with Gasteiger partial charge in [0, 0.05) is 17.7 Å². The summed E-state index contributed by atoms with van der Waals surface area (Å²) >= 11 is 0. The third kappa shape index (κ3) is 5.29. The molecule has 1 unspecified atom stereocenters. The van der Waals surface area contributed by atoms with Crippen LogP contribution in [0.5, 0.6) is 51.7 Å². The van der Waals surface area contributed by atoms with Gasteiger partial charge in [-0.3, -0.25) is 0 Å². The van der Waals surface area contributed by atoms with Gasteiger partial charge >= 0.3 is 5.97 Å². The molecule has 1 heterocycles. The average Bonchev–Trinajstić information content (AvgIpc) is 2.84. The van der Waals surface area contributed by atoms with E-state index in [4.69, 9.17) is 34.6 Å². The average molecular weight is 488 g/mol. The molecule has 0 radical (unpaired) electrons. The Bertz CT molecular complexity index is 1210. The van der Waals surface area contributed by atoms with Crippen molar-refractivity contribution in [2.75, 3.05) is 14.2 Å². The maximum Gasteiger partial charge on any atom is 0.335 e. The van der Waals surface area contributed by atoms with Gasteiger partial charge in [0.25, 0.3) is 0 Å². The zero-order chi connectivity index (χ0) is 25.9. The number of phenolic OH excluding ortho intramolecular Hbond substituents is 6. The molecule has 0 fully saturated rings. The highest BCUT2D eigenvalue weighted by molar-refractivity contribution is 5.89. The molecule has 4 rings (SSSR count). The second-order valence-corrected chi connectivity index (χ2v) is 7.53. The maximum absolute atomic E-state index is 10.3. The van der Waals surface area contributed by atoms with Crippen LogP contribution in [0.2, 0.25) is 0 Å². The summed E-state index contributed by atoms with van der Waals surface area (Å²) in [5.41, 5.74) is 1.25. The lowest BCUT2D eigenvalue weighted by Gasteiger charge is -2.28. The van der Waals surface area contributed by atoms with Crippen molar-refractivity contribution in [3.8, 4) is 51.7 Å². The Hall–Kier alpha value is -4.67. The van der Waals surface area contributed by atoms with Crippen molar-refractivity contribution < 1.29 is 54.8 Å². The first kappa shape index (κ1) is 25.0. The summed E-state index contributed by atoms with van der Waals surface area (Å²) in [7, 11) is 3.16. The number of methoxy groups -OCH3 is 2. The summed E-state index contributed by atoms with van der Waals surface area (Å²) in [5.74, 6) is -2.65. The molecule has 3 aromatic rings. The van der Waals surface area contributed by atoms with Crippen molar-refractivity contribution >= 4 is 5.97 Å². The summed E-state index contributed by atoms with van der Waals surface area (Å²) < 4.78 is 16.6. The van der Waals surface area contributed by atoms with E-state index >= 15 is 0 Å². The minimum atomic E-state index is -1.29. The van der Waals surface area contributed by atoms with Crippen LogP contribution in [-0.2, 0) is 6.42 Å². The standard InChI is InChI=1S/C17H18O6.C7H6O5/c1-21-10-7-15(22-2)11-3-4-14(23-16(11)8-10)9-5-12(18)17(20)13(19)6-9;8-4-1-3(7(11)12)2-5(9)6(4)10/h5-8,14,18-20H,3-4H2,1-2H3;1-2,8-10H,(H,11,12). The van der Waals surface area contributed by atoms with Crippen LogP contribution >= 0.6 is 0 Å². The second kappa shape index (κ2) is 10.1. The van der Waals surface area contributed by atoms with Gasteiger partial charge in [-0.05, 0) is 42.7 Å². The number of benzene rings is 3. The smallest absolute Gasteiger partial charge is 0.335 e. The Kier molecular flexibility index (Phi) is 7.19. The topological polar surface area (TPSA) is 186 Å². The van der Waals surface area contributed by atoms with E-state index in [0.29, 0.717) is 29.2 Å². The Labute approximate surface area is 199 Å². The molecule has 0 spiro atoms. The monoisotopic (exact) mass is 488 g/mol. The molecule has 1 aliphatic heterocycles. The highest BCUT2D eigenvalue weighted by Crippen LogP contribution is 2.45. The molecule has 35 heavy (non-hydrogen) atoms. The highest BCUT2D eigenvalue weighted by atomic mass is 16.5. The van der Waals surface area contributed by atoms with Gasteiger partial charge < -0.3 is 50.0 Å². The molecular weight excluding hydrogens is 464 g/mol. The number of aromatic carboxylic acids is 1. The summed E-state index contributed by atoms with van der Waals surface area (Å²) in [4.78, 5) is 10.3. The molecule has 0 aromatic heterocycles. The van der Waals surface area contributed by atoms with Crippen LogP contribution in [0.4, 0.5) is 0 Å². The van der Waals surface area contributed by atoms with Crippen LogP contribution in [0, 0.1) is 0 Å². The van der Waals surface area contributed by atoms with Crippen molar-refractivity contribution in [2.24, 2.45) is 0 Å². The van der Waals surface area contributed by atoms with E-state index in [1.807, 2.05) is 0 Å². The number of rotatable bonds is 4. The third-order valence-electron chi connectivity index (χ3n) is 5.30. The molecule has 0 amide bonds. The molecule has 11 nitrogen and oxygen atoms in total. The summed E-state index contributed by atoms with van der Waals surface area (Å²) in [5, 5.41) is 63.7. The zero-order valence-electron chi connectivity index (χ0n) is 18.7. The normalized spacial score (nSPS) is 14.1. The van der Waals surface area contributed by atoms with Crippen molar-refractivity contribution in [1.82, 2.24) is 0 Å². The van der Waals surface area contributed by atoms with E-state index in [0.717, 1.165) is 24.1 Å². The number of fused-ring (bicyclic) bond motifs is 1. The molecule has 1 atom stereocenters. The molecule has 0 aliphatic carbocycles. The Morgan fingerprint density at radius 2 is 1.37 bits per heavy atom. The van der Waals surface area contributed by atoms with Crippen LogP contribution in [0.15, 0.2) is 36.4 Å². The van der Waals surface area contributed by atoms with Crippen molar-refractivity contribution in [3.05, 3.63) is 53.1 Å². The largest absolute Gasteiger partial charge is 0.504 e. The van der Waals surface area contributed by atoms with Gasteiger partial charge in [0.1, 0.15) is 23.4 Å². The first-order chi connectivity index (χ1) is 16.5. The number of carboxylic acid groups (broad SMARTS) is 1. The Balaban J connectivity index is 0.000000241. The first-order valence-electron chi connectivity index (χ1n) is 10.2. The summed E-state index contributed by atoms with van der Waals surface area (Å²) in [6.07, 6.45) is 1.02. The molecule has 7 N–H and O–H groups in total. The lowest BCUT2D eigenvalue weighted by atomic mass is 9.96. The molecule has 11 heteroatoms. The van der Waals surface area contributed by atoms with Gasteiger partial charge in [0.05, 0.1) is 19.8 Å². The Morgan fingerprint density at radius 3 is 1.86 bits per heavy atom. The van der Waals surface area contributed by atoms with Gasteiger partial charge in [-0.1, -0.05) is 0 Å². The highest BCUT2D eigenvalue weighted by Gasteiger charge is 2.26. The minimum absolute atomic E-state index is 0.289. The van der Waals surface area contributed by atoms with Crippen LogP contribution < -0.4 is 14.2 Å². The molecular formula is C24H24O11. The van der Waals surface area contributed by atoms with Crippen LogP contribution in [0.25, 0.3) is 0 Å². The lowest BCUT2D eigenvalue weighted by molar-refractivity contribution is 0.0695. The molecule has 1 aliphatic rings. The SMILES string of the molecule is COc1cc(OC)c2c(c1)OC(c1cc(O)c(O)c(O)c1)CC2.O=C(O)c1cc(O)c(O)c(O)c1. The predicted octanol–water partition coefficient (Wildman–Crippen LogP) is 3.39. The van der Waals surface area contributed by atoms with Crippen molar-refractivity contribution in [3.63, 3.8) is 0 Å². The lowest BCUT2D eigenvalue weighted by Crippen LogP contribution is -2.16. The van der Waals surface area contributed by atoms with Crippen LogP contribution in [0.3, 0.4) is 0 Å². The summed E-state index contributed by atoms with van der Waals surface area (Å²) in [6.45, 7) is 0. The number of carbonyl (C=O) groups is 1. The van der Waals surface area contributed by atoms with Gasteiger partial charge in [-0.15, -0.1) is 0 Å². The quantitative estimate of drug-likeness (QED) is 0.267. The molecule has 186 valence electrons. The fraction of sp³-hybridized carbons (Fsp3) is 0.208. The van der Waals surface area contributed by atoms with Crippen LogP contribution in [0.1, 0.15) is 34.0 Å². The van der Waals surface area contributed by atoms with Gasteiger partial charge in [0.15, 0.2) is 34.5 Å². The van der Waals surface area contributed by atoms with E-state index in [1.54, 1.807) is 26.4 Å². The number of phenols is 6. The molecule has 3 aromatic carbocycles. The van der Waals surface area contributed by atoms with E-state index in [9.17, 15) is 20.1 Å². The first-order valence-corrected chi connectivity index (χ1v) is 10.2. The zero-order valence-corrected chi connectivity index (χ0v) is 18.7. The fourth-order valence-corrected chi connectivity index (χ4v) is 3.51. The molecule has 0 saturated carbocycles. The summed E-state index contributed by atoms with van der Waals surface area (Å²) in [6, 6.07) is 8.06. The second-order valence-electron chi connectivity index (χ2n) is 7.53. The van der Waals surface area contributed by atoms with E-state index in [-0.39, 0.29) is 23.2 Å². The molecule has 0 saturated heterocycles. The number of carboxylic acids is 1. The van der Waals surface area contributed by atoms with E-state index in [2.05, 4.69) is 0 Å². The predicted molar refractivity (Wildman–Crippen MR) is 121 cm³/mol. The Morgan fingerprint density at radius 1 is 0.829 bits per heavy atom. The number of hydrogen-bond acceptors (Lipinski definition) is 10. The van der Waals surface area contributed by atoms with Gasteiger partial charge in [0.2, 0.25) is 0 Å². The fourth-order valence-electron chi connectivity index (χ4n) is 3.51. The maximum atomic E-state index is 10.3. The van der Waals surface area contributed by atoms with Crippen molar-refractivity contribution in [2.45, 2.75) is 18.9 Å². The number of aromatic hydroxyl groups is 6. The number of ether oxygens (including phenoxy) is 3. The van der Waals surface area contributed by atoms with E-state index in [1.165, 1.54) is 12.1 Å². The third-order valence-corrected chi connectivity index (χ3v) is 5.30. The minimum Gasteiger partial charge on any atom is -0.504 e. The van der Waals surface area contributed by atoms with Gasteiger partial charge in [-0.25, -0.2) is 4.79 Å². The van der Waals surface area contributed by atoms with Gasteiger partial charge in [-0.2, -0.15) is 0 Å². The number of hydrogen-bond donors (Lipinski definition) is 7.